The molecule has 1 aliphatic heterocycles. The number of nitrogens with one attached hydrogen (secondary N) is 1. The van der Waals surface area contributed by atoms with Crippen molar-refractivity contribution in [3.05, 3.63) is 33.1 Å². The Morgan fingerprint density at radius 2 is 2.30 bits per heavy atom. The van der Waals surface area contributed by atoms with E-state index >= 15 is 0 Å². The number of aromatic amines is 1. The van der Waals surface area contributed by atoms with Crippen molar-refractivity contribution in [3.63, 3.8) is 0 Å². The summed E-state index contributed by atoms with van der Waals surface area (Å²) in [4.78, 5) is 25.0. The first kappa shape index (κ1) is 15.1. The summed E-state index contributed by atoms with van der Waals surface area (Å²) < 4.78 is 27.8. The summed E-state index contributed by atoms with van der Waals surface area (Å²) in [5.74, 6) is 0. The minimum atomic E-state index is -2.69. The molecule has 0 amide bonds. The Hall–Kier alpha value is -1.25. The monoisotopic (exact) mass is 305 g/mol. The van der Waals surface area contributed by atoms with E-state index in [0.29, 0.717) is 0 Å². The van der Waals surface area contributed by atoms with Gasteiger partial charge in [-0.1, -0.05) is 0 Å². The van der Waals surface area contributed by atoms with Gasteiger partial charge in [0.05, 0.1) is 6.61 Å². The maximum Gasteiger partial charge on any atom is 0.329 e. The van der Waals surface area contributed by atoms with Crippen LogP contribution in [-0.4, -0.2) is 35.5 Å². The highest BCUT2D eigenvalue weighted by molar-refractivity contribution is 7.33. The van der Waals surface area contributed by atoms with Crippen molar-refractivity contribution < 1.29 is 18.3 Å². The number of nitrogens with two attached hydrogens (primary N) is 1. The van der Waals surface area contributed by atoms with Gasteiger partial charge in [-0.15, -0.1) is 0 Å². The summed E-state index contributed by atoms with van der Waals surface area (Å²) in [6, 6.07) is 1.16. The van der Waals surface area contributed by atoms with E-state index in [-0.39, 0.29) is 6.61 Å². The summed E-state index contributed by atoms with van der Waals surface area (Å²) in [5.41, 5.74) is 3.56. The van der Waals surface area contributed by atoms with Crippen LogP contribution in [0.4, 0.5) is 0 Å². The second kappa shape index (κ2) is 5.63. The molecule has 1 fully saturated rings. The molecule has 2 unspecified atom stereocenters. The lowest BCUT2D eigenvalue weighted by atomic mass is 10.0. The molecule has 112 valence electrons. The van der Waals surface area contributed by atoms with Gasteiger partial charge in [0.15, 0.2) is 0 Å². The highest BCUT2D eigenvalue weighted by Gasteiger charge is 2.44. The van der Waals surface area contributed by atoms with Gasteiger partial charge in [-0.25, -0.2) is 4.79 Å². The Bertz CT molecular complexity index is 624. The molecule has 0 spiro atoms. The van der Waals surface area contributed by atoms with Crippen LogP contribution < -0.4 is 17.0 Å². The molecule has 3 N–H and O–H groups in total. The molecule has 0 bridgehead atoms. The molecule has 0 aliphatic carbocycles. The number of H-pyrrole nitrogens is 1. The molecule has 9 nitrogen and oxygen atoms in total. The zero-order valence-corrected chi connectivity index (χ0v) is 12.0. The van der Waals surface area contributed by atoms with Crippen LogP contribution in [0.1, 0.15) is 6.92 Å². The second-order valence-electron chi connectivity index (χ2n) is 4.58. The molecule has 1 aliphatic rings. The molecule has 10 heteroatoms. The minimum Gasteiger partial charge on any atom is -0.376 e. The van der Waals surface area contributed by atoms with Crippen LogP contribution in [0.15, 0.2) is 21.9 Å². The fraction of sp³-hybridized carbons (Fsp3) is 0.600. The van der Waals surface area contributed by atoms with Crippen molar-refractivity contribution in [3.8, 4) is 0 Å². The largest absolute Gasteiger partial charge is 0.376 e. The van der Waals surface area contributed by atoms with Gasteiger partial charge in [-0.2, -0.15) is 0 Å². The fourth-order valence-corrected chi connectivity index (χ4v) is 3.04. The number of nitrogens with zero attached hydrogens (tertiary/aromatic N) is 1. The van der Waals surface area contributed by atoms with Crippen LogP contribution in [0.25, 0.3) is 0 Å². The molecular formula is C10H16N3O6P. The predicted octanol–water partition coefficient (Wildman–Crippen LogP) is -1.01. The quantitative estimate of drug-likeness (QED) is 0.685. The molecule has 1 saturated heterocycles. The fourth-order valence-electron chi connectivity index (χ4n) is 2.07. The van der Waals surface area contributed by atoms with E-state index in [4.69, 9.17) is 19.5 Å². The maximum atomic E-state index is 11.8. The molecule has 0 saturated carbocycles. The van der Waals surface area contributed by atoms with Crippen molar-refractivity contribution in [1.82, 2.24) is 9.55 Å². The van der Waals surface area contributed by atoms with Crippen LogP contribution >= 0.6 is 8.25 Å². The number of rotatable bonds is 3. The van der Waals surface area contributed by atoms with Crippen LogP contribution in [0.3, 0.4) is 0 Å². The van der Waals surface area contributed by atoms with Crippen molar-refractivity contribution in [2.45, 2.75) is 24.8 Å². The van der Waals surface area contributed by atoms with Gasteiger partial charge in [0.1, 0.15) is 17.9 Å². The predicted molar refractivity (Wildman–Crippen MR) is 69.8 cm³/mol. The number of aromatic nitrogens is 2. The number of ether oxygens (including phenoxy) is 1. The van der Waals surface area contributed by atoms with Gasteiger partial charge in [0.2, 0.25) is 0 Å². The van der Waals surface area contributed by atoms with E-state index in [1.807, 2.05) is 0 Å². The Kier molecular flexibility index (Phi) is 4.26. The van der Waals surface area contributed by atoms with Crippen LogP contribution in [0.5, 0.6) is 0 Å². The van der Waals surface area contributed by atoms with E-state index in [9.17, 15) is 14.2 Å². The molecular weight excluding hydrogens is 289 g/mol. The summed E-state index contributed by atoms with van der Waals surface area (Å²) in [6.45, 7) is 1.56. The average molecular weight is 305 g/mol. The first-order chi connectivity index (χ1) is 9.36. The minimum absolute atomic E-state index is 0.0455. The molecule has 1 aromatic heterocycles. The summed E-state index contributed by atoms with van der Waals surface area (Å²) in [6.07, 6.45) is -0.202. The van der Waals surface area contributed by atoms with Crippen LogP contribution in [0, 0.1) is 0 Å². The Morgan fingerprint density at radius 3 is 2.90 bits per heavy atom. The van der Waals surface area contributed by atoms with Crippen LogP contribution in [-0.2, 0) is 24.0 Å². The molecule has 20 heavy (non-hydrogen) atoms. The van der Waals surface area contributed by atoms with Gasteiger partial charge in [-0.05, 0) is 6.92 Å². The lowest BCUT2D eigenvalue weighted by Crippen LogP contribution is -2.61. The van der Waals surface area contributed by atoms with Gasteiger partial charge in [0.25, 0.3) is 5.56 Å². The number of hydrogen-bond donors (Lipinski definition) is 2. The zero-order chi connectivity index (χ0) is 14.9. The van der Waals surface area contributed by atoms with Crippen molar-refractivity contribution in [1.29, 1.82) is 0 Å². The first-order valence-electron chi connectivity index (χ1n) is 5.84. The summed E-state index contributed by atoms with van der Waals surface area (Å²) in [5, 5.41) is 0. The number of hydrogen-bond acceptors (Lipinski definition) is 7. The third-order valence-electron chi connectivity index (χ3n) is 3.15. The topological polar surface area (TPSA) is 126 Å². The van der Waals surface area contributed by atoms with E-state index in [1.165, 1.54) is 20.2 Å². The number of methoxy groups -OCH3 is 1. The summed E-state index contributed by atoms with van der Waals surface area (Å²) in [7, 11) is -1.26. The molecule has 0 radical (unpaired) electrons. The highest BCUT2D eigenvalue weighted by Crippen LogP contribution is 2.37. The van der Waals surface area contributed by atoms with Crippen LogP contribution in [0.2, 0.25) is 0 Å². The SMILES string of the molecule is CO[C@@H]1CO[PH](=O)OC1[C@@](C)(N)n1ccc(=O)[nH]c1=O. The average Bonchev–Trinajstić information content (AvgIpc) is 2.38. The zero-order valence-electron chi connectivity index (χ0n) is 11.0. The third-order valence-corrected chi connectivity index (χ3v) is 4.00. The lowest BCUT2D eigenvalue weighted by molar-refractivity contribution is -0.0987. The second-order valence-corrected chi connectivity index (χ2v) is 5.60. The molecule has 1 aromatic rings. The van der Waals surface area contributed by atoms with Crippen molar-refractivity contribution in [2.24, 2.45) is 5.73 Å². The standard InChI is InChI=1S/C10H16N3O6P/c1-10(11,13-4-3-7(14)12-9(13)15)8-6(17-2)5-18-20(16)19-8/h3-4,6,8,20H,5,11H2,1-2H3,(H,12,14,15)/t6-,8?,10+/m1/s1. The normalized spacial score (nSPS) is 29.9. The van der Waals surface area contributed by atoms with E-state index in [1.54, 1.807) is 0 Å². The van der Waals surface area contributed by atoms with Crippen molar-refractivity contribution in [2.75, 3.05) is 13.7 Å². The molecule has 2 rings (SSSR count). The van der Waals surface area contributed by atoms with Gasteiger partial charge in [0, 0.05) is 19.4 Å². The van der Waals surface area contributed by atoms with Gasteiger partial charge in [-0.3, -0.25) is 18.9 Å². The van der Waals surface area contributed by atoms with Gasteiger partial charge >= 0.3 is 13.9 Å². The Balaban J connectivity index is 2.43. The first-order valence-corrected chi connectivity index (χ1v) is 7.06. The Labute approximate surface area is 114 Å². The molecule has 4 atom stereocenters. The van der Waals surface area contributed by atoms with Gasteiger partial charge < -0.3 is 19.5 Å². The third kappa shape index (κ3) is 2.77. The Morgan fingerprint density at radius 1 is 1.60 bits per heavy atom. The van der Waals surface area contributed by atoms with E-state index in [0.717, 1.165) is 10.6 Å². The summed E-state index contributed by atoms with van der Waals surface area (Å²) >= 11 is 0. The highest BCUT2D eigenvalue weighted by atomic mass is 31.1. The maximum absolute atomic E-state index is 11.8. The van der Waals surface area contributed by atoms with E-state index < -0.39 is 37.4 Å². The van der Waals surface area contributed by atoms with Crippen molar-refractivity contribution >= 4 is 8.25 Å². The molecule has 2 heterocycles. The smallest absolute Gasteiger partial charge is 0.329 e. The van der Waals surface area contributed by atoms with E-state index in [2.05, 4.69) is 4.98 Å². The lowest BCUT2D eigenvalue weighted by Gasteiger charge is -2.40. The molecule has 0 aromatic carbocycles.